The van der Waals surface area contributed by atoms with E-state index in [1.807, 2.05) is 37.3 Å². The highest BCUT2D eigenvalue weighted by Gasteiger charge is 2.43. The number of carbonyl (C=O) groups excluding carboxylic acids is 1. The Kier molecular flexibility index (Phi) is 7.70. The van der Waals surface area contributed by atoms with Crippen molar-refractivity contribution in [2.75, 3.05) is 32.3 Å². The first-order chi connectivity index (χ1) is 16.6. The van der Waals surface area contributed by atoms with Crippen LogP contribution in [0.25, 0.3) is 0 Å². The van der Waals surface area contributed by atoms with Gasteiger partial charge in [-0.2, -0.15) is 0 Å². The third kappa shape index (κ3) is 5.18. The molecular weight excluding hydrogens is 430 g/mol. The van der Waals surface area contributed by atoms with E-state index in [-0.39, 0.29) is 12.1 Å². The highest BCUT2D eigenvalue weighted by Crippen LogP contribution is 2.40. The highest BCUT2D eigenvalue weighted by molar-refractivity contribution is 5.75. The SMILES string of the molecule is CCOC(CC1=CCC(OC)(C2CN(Cc3ccccc3)c3ccccc3O2)C=C1)C(=O)OC. The average molecular weight is 464 g/mol. The maximum Gasteiger partial charge on any atom is 0.335 e. The second-order valence-electron chi connectivity index (χ2n) is 8.59. The minimum atomic E-state index is -0.613. The van der Waals surface area contributed by atoms with Gasteiger partial charge in [0.15, 0.2) is 6.10 Å². The lowest BCUT2D eigenvalue weighted by Crippen LogP contribution is -2.54. The molecule has 2 aromatic rings. The number of rotatable bonds is 9. The molecule has 0 spiro atoms. The first-order valence-electron chi connectivity index (χ1n) is 11.8. The Balaban J connectivity index is 1.53. The summed E-state index contributed by atoms with van der Waals surface area (Å²) in [6, 6.07) is 18.6. The number of carbonyl (C=O) groups is 1. The lowest BCUT2D eigenvalue weighted by molar-refractivity contribution is -0.153. The van der Waals surface area contributed by atoms with Gasteiger partial charge in [-0.05, 0) is 36.3 Å². The topological polar surface area (TPSA) is 57.2 Å². The summed E-state index contributed by atoms with van der Waals surface area (Å²) >= 11 is 0. The summed E-state index contributed by atoms with van der Waals surface area (Å²) in [5.74, 6) is 0.500. The van der Waals surface area contributed by atoms with Crippen molar-refractivity contribution in [2.24, 2.45) is 0 Å². The van der Waals surface area contributed by atoms with Gasteiger partial charge in [-0.1, -0.05) is 54.6 Å². The minimum Gasteiger partial charge on any atom is -0.483 e. The number of para-hydroxylation sites is 2. The van der Waals surface area contributed by atoms with E-state index in [1.54, 1.807) is 7.11 Å². The Morgan fingerprint density at radius 3 is 2.59 bits per heavy atom. The number of hydrogen-bond donors (Lipinski definition) is 0. The molecule has 180 valence electrons. The van der Waals surface area contributed by atoms with Crippen molar-refractivity contribution in [1.29, 1.82) is 0 Å². The van der Waals surface area contributed by atoms with E-state index in [0.717, 1.165) is 23.6 Å². The number of ether oxygens (including phenoxy) is 4. The number of benzene rings is 2. The van der Waals surface area contributed by atoms with Crippen molar-refractivity contribution in [3.63, 3.8) is 0 Å². The second-order valence-corrected chi connectivity index (χ2v) is 8.59. The van der Waals surface area contributed by atoms with Crippen molar-refractivity contribution < 1.29 is 23.7 Å². The number of fused-ring (bicyclic) bond motifs is 1. The first-order valence-corrected chi connectivity index (χ1v) is 11.8. The molecule has 6 heteroatoms. The van der Waals surface area contributed by atoms with Gasteiger partial charge in [-0.15, -0.1) is 0 Å². The van der Waals surface area contributed by atoms with Crippen molar-refractivity contribution >= 4 is 11.7 Å². The summed E-state index contributed by atoms with van der Waals surface area (Å²) in [6.45, 7) is 3.80. The number of allylic oxidation sites excluding steroid dienone is 1. The maximum atomic E-state index is 12.1. The van der Waals surface area contributed by atoms with Crippen LogP contribution >= 0.6 is 0 Å². The van der Waals surface area contributed by atoms with Crippen molar-refractivity contribution in [3.05, 3.63) is 84.0 Å². The summed E-state index contributed by atoms with van der Waals surface area (Å²) in [6.07, 6.45) is 6.50. The normalized spacial score (nSPS) is 22.4. The predicted molar refractivity (Wildman–Crippen MR) is 132 cm³/mol. The van der Waals surface area contributed by atoms with Gasteiger partial charge in [0, 0.05) is 33.1 Å². The number of anilines is 1. The molecule has 2 aromatic carbocycles. The fourth-order valence-corrected chi connectivity index (χ4v) is 4.62. The molecule has 0 radical (unpaired) electrons. The monoisotopic (exact) mass is 463 g/mol. The van der Waals surface area contributed by atoms with Crippen molar-refractivity contribution in [2.45, 2.75) is 44.1 Å². The van der Waals surface area contributed by atoms with Gasteiger partial charge >= 0.3 is 5.97 Å². The molecule has 6 nitrogen and oxygen atoms in total. The second kappa shape index (κ2) is 10.9. The van der Waals surface area contributed by atoms with Crippen LogP contribution in [0, 0.1) is 0 Å². The molecule has 2 aliphatic rings. The number of methoxy groups -OCH3 is 2. The Labute approximate surface area is 201 Å². The molecule has 1 aliphatic carbocycles. The van der Waals surface area contributed by atoms with Crippen LogP contribution in [0.3, 0.4) is 0 Å². The fourth-order valence-electron chi connectivity index (χ4n) is 4.62. The van der Waals surface area contributed by atoms with Crippen molar-refractivity contribution in [1.82, 2.24) is 0 Å². The van der Waals surface area contributed by atoms with Crippen molar-refractivity contribution in [3.8, 4) is 5.75 Å². The minimum absolute atomic E-state index is 0.201. The van der Waals surface area contributed by atoms with Gasteiger partial charge < -0.3 is 23.8 Å². The third-order valence-corrected chi connectivity index (χ3v) is 6.52. The van der Waals surface area contributed by atoms with Crippen LogP contribution in [0.4, 0.5) is 5.69 Å². The van der Waals surface area contributed by atoms with E-state index in [0.29, 0.717) is 26.0 Å². The standard InChI is InChI=1S/C28H33NO5/c1-4-33-25(27(30)31-2)18-21-14-16-28(32-3,17-15-21)26-20-29(19-22-10-6-5-7-11-22)23-12-8-9-13-24(23)34-26/h5-16,25-26H,4,17-20H2,1-3H3. The molecule has 0 saturated heterocycles. The van der Waals surface area contributed by atoms with E-state index in [4.69, 9.17) is 18.9 Å². The van der Waals surface area contributed by atoms with E-state index in [1.165, 1.54) is 12.7 Å². The lowest BCUT2D eigenvalue weighted by atomic mass is 9.84. The molecule has 0 N–H and O–H groups in total. The predicted octanol–water partition coefficient (Wildman–Crippen LogP) is 4.69. The lowest BCUT2D eigenvalue weighted by Gasteiger charge is -2.44. The smallest absolute Gasteiger partial charge is 0.335 e. The van der Waals surface area contributed by atoms with E-state index in [9.17, 15) is 4.79 Å². The van der Waals surface area contributed by atoms with E-state index >= 15 is 0 Å². The van der Waals surface area contributed by atoms with Gasteiger partial charge in [0.05, 0.1) is 19.3 Å². The molecule has 0 saturated carbocycles. The summed E-state index contributed by atoms with van der Waals surface area (Å²) in [7, 11) is 3.11. The summed E-state index contributed by atoms with van der Waals surface area (Å²) < 4.78 is 23.1. The van der Waals surface area contributed by atoms with Gasteiger partial charge in [0.2, 0.25) is 0 Å². The van der Waals surface area contributed by atoms with Gasteiger partial charge in [-0.25, -0.2) is 4.79 Å². The summed E-state index contributed by atoms with van der Waals surface area (Å²) in [5.41, 5.74) is 2.74. The third-order valence-electron chi connectivity index (χ3n) is 6.52. The average Bonchev–Trinajstić information content (AvgIpc) is 2.89. The zero-order chi connectivity index (χ0) is 24.0. The molecule has 3 atom stereocenters. The van der Waals surface area contributed by atoms with Gasteiger partial charge in [0.1, 0.15) is 17.5 Å². The Morgan fingerprint density at radius 1 is 1.15 bits per heavy atom. The summed E-state index contributed by atoms with van der Waals surface area (Å²) in [4.78, 5) is 14.4. The molecule has 0 aromatic heterocycles. The molecule has 34 heavy (non-hydrogen) atoms. The number of nitrogens with zero attached hydrogens (tertiary/aromatic N) is 1. The Morgan fingerprint density at radius 2 is 1.91 bits per heavy atom. The van der Waals surface area contributed by atoms with E-state index in [2.05, 4.69) is 47.4 Å². The quantitative estimate of drug-likeness (QED) is 0.503. The molecule has 1 heterocycles. The molecule has 0 bridgehead atoms. The van der Waals surface area contributed by atoms with Crippen LogP contribution in [0.5, 0.6) is 5.75 Å². The van der Waals surface area contributed by atoms with Gasteiger partial charge in [0.25, 0.3) is 0 Å². The van der Waals surface area contributed by atoms with Gasteiger partial charge in [-0.3, -0.25) is 0 Å². The number of hydrogen-bond acceptors (Lipinski definition) is 6. The largest absolute Gasteiger partial charge is 0.483 e. The zero-order valence-electron chi connectivity index (χ0n) is 20.1. The van der Waals surface area contributed by atoms with Crippen LogP contribution in [0.15, 0.2) is 78.4 Å². The fraction of sp³-hybridized carbons (Fsp3) is 0.393. The molecule has 4 rings (SSSR count). The van der Waals surface area contributed by atoms with Crippen LogP contribution in [0.1, 0.15) is 25.3 Å². The summed E-state index contributed by atoms with van der Waals surface area (Å²) in [5, 5.41) is 0. The van der Waals surface area contributed by atoms with Crippen LogP contribution < -0.4 is 9.64 Å². The first kappa shape index (κ1) is 24.0. The molecule has 0 amide bonds. The Bertz CT molecular complexity index is 1030. The highest BCUT2D eigenvalue weighted by atomic mass is 16.6. The molecule has 1 aliphatic heterocycles. The molecule has 0 fully saturated rings. The molecular formula is C28H33NO5. The van der Waals surface area contributed by atoms with E-state index < -0.39 is 11.7 Å². The van der Waals surface area contributed by atoms with Crippen LogP contribution in [0.2, 0.25) is 0 Å². The maximum absolute atomic E-state index is 12.1. The number of esters is 1. The van der Waals surface area contributed by atoms with Crippen LogP contribution in [-0.2, 0) is 25.5 Å². The zero-order valence-corrected chi connectivity index (χ0v) is 20.1. The Hall–Kier alpha value is -3.09. The van der Waals surface area contributed by atoms with Crippen LogP contribution in [-0.4, -0.2) is 51.1 Å². The molecule has 3 unspecified atom stereocenters.